The molecule has 0 aliphatic heterocycles. The second kappa shape index (κ2) is 7.37. The molecular weight excluding hydrogens is 228 g/mol. The molecule has 0 radical (unpaired) electrons. The minimum atomic E-state index is -1.08. The predicted octanol–water partition coefficient (Wildman–Crippen LogP) is 2.21. The van der Waals surface area contributed by atoms with E-state index in [2.05, 4.69) is 0 Å². The summed E-state index contributed by atoms with van der Waals surface area (Å²) in [6.07, 6.45) is -1.08. The molecule has 0 aliphatic carbocycles. The first-order valence-electron chi connectivity index (χ1n) is 5.56. The summed E-state index contributed by atoms with van der Waals surface area (Å²) < 4.78 is 0. The van der Waals surface area contributed by atoms with Crippen LogP contribution in [0.3, 0.4) is 0 Å². The first-order chi connectivity index (χ1) is 8.79. The third kappa shape index (κ3) is 3.52. The number of ketones is 1. The molecule has 2 N–H and O–H groups in total. The molecule has 1 atom stereocenters. The van der Waals surface area contributed by atoms with E-state index in [0.29, 0.717) is 11.1 Å². The van der Waals surface area contributed by atoms with Crippen molar-refractivity contribution in [2.75, 3.05) is 7.11 Å². The molecule has 3 nitrogen and oxygen atoms in total. The number of aliphatic hydroxyl groups is 2. The van der Waals surface area contributed by atoms with Crippen LogP contribution in [0.15, 0.2) is 60.7 Å². The molecule has 0 aromatic heterocycles. The first kappa shape index (κ1) is 14.1. The average Bonchev–Trinajstić information content (AvgIpc) is 2.49. The van der Waals surface area contributed by atoms with Crippen LogP contribution in [0.4, 0.5) is 0 Å². The Morgan fingerprint density at radius 3 is 1.83 bits per heavy atom. The lowest BCUT2D eigenvalue weighted by Crippen LogP contribution is -2.11. The van der Waals surface area contributed by atoms with Crippen molar-refractivity contribution in [3.05, 3.63) is 71.8 Å². The van der Waals surface area contributed by atoms with Crippen LogP contribution in [0.5, 0.6) is 0 Å². The lowest BCUT2D eigenvalue weighted by Gasteiger charge is -2.09. The van der Waals surface area contributed by atoms with Gasteiger partial charge in [0.2, 0.25) is 0 Å². The van der Waals surface area contributed by atoms with Crippen LogP contribution in [0.1, 0.15) is 22.0 Å². The monoisotopic (exact) mass is 244 g/mol. The minimum Gasteiger partial charge on any atom is -0.400 e. The summed E-state index contributed by atoms with van der Waals surface area (Å²) >= 11 is 0. The Morgan fingerprint density at radius 2 is 1.33 bits per heavy atom. The number of Topliss-reactive ketones (excluding diaryl/α,β-unsaturated/α-hetero) is 1. The number of rotatable bonds is 3. The van der Waals surface area contributed by atoms with Gasteiger partial charge in [0, 0.05) is 12.7 Å². The largest absolute Gasteiger partial charge is 0.400 e. The molecule has 1 unspecified atom stereocenters. The number of carbonyl (C=O) groups excluding carboxylic acids is 1. The van der Waals surface area contributed by atoms with E-state index in [1.165, 1.54) is 0 Å². The van der Waals surface area contributed by atoms with Gasteiger partial charge in [0.25, 0.3) is 0 Å². The Balaban J connectivity index is 0.000000771. The van der Waals surface area contributed by atoms with Crippen molar-refractivity contribution in [3.8, 4) is 0 Å². The Kier molecular flexibility index (Phi) is 5.77. The Labute approximate surface area is 106 Å². The number of benzene rings is 2. The Hall–Kier alpha value is -1.97. The van der Waals surface area contributed by atoms with Gasteiger partial charge in [-0.05, 0) is 5.56 Å². The fraction of sp³-hybridized carbons (Fsp3) is 0.133. The first-order valence-corrected chi connectivity index (χ1v) is 5.56. The fourth-order valence-corrected chi connectivity index (χ4v) is 1.55. The number of hydrogen-bond donors (Lipinski definition) is 2. The van der Waals surface area contributed by atoms with E-state index in [1.54, 1.807) is 48.5 Å². The van der Waals surface area contributed by atoms with E-state index in [4.69, 9.17) is 5.11 Å². The van der Waals surface area contributed by atoms with Crippen molar-refractivity contribution in [1.82, 2.24) is 0 Å². The van der Waals surface area contributed by atoms with Gasteiger partial charge >= 0.3 is 0 Å². The smallest absolute Gasteiger partial charge is 0.195 e. The normalized spacial score (nSPS) is 11.1. The van der Waals surface area contributed by atoms with Crippen LogP contribution >= 0.6 is 0 Å². The molecule has 18 heavy (non-hydrogen) atoms. The highest BCUT2D eigenvalue weighted by Crippen LogP contribution is 2.17. The van der Waals surface area contributed by atoms with Crippen molar-refractivity contribution in [2.45, 2.75) is 6.10 Å². The van der Waals surface area contributed by atoms with Crippen LogP contribution in [0.2, 0.25) is 0 Å². The summed E-state index contributed by atoms with van der Waals surface area (Å²) in [5.41, 5.74) is 1.15. The molecule has 2 rings (SSSR count). The third-order valence-corrected chi connectivity index (χ3v) is 2.42. The van der Waals surface area contributed by atoms with Crippen LogP contribution in [0, 0.1) is 0 Å². The summed E-state index contributed by atoms with van der Waals surface area (Å²) in [5.74, 6) is -0.271. The van der Waals surface area contributed by atoms with Gasteiger partial charge in [-0.15, -0.1) is 0 Å². The molecule has 0 fully saturated rings. The molecule has 3 heteroatoms. The zero-order chi connectivity index (χ0) is 13.4. The van der Waals surface area contributed by atoms with Crippen LogP contribution in [-0.4, -0.2) is 23.1 Å². The Bertz CT molecular complexity index is 466. The second-order valence-corrected chi connectivity index (χ2v) is 3.54. The minimum absolute atomic E-state index is 0.271. The molecule has 94 valence electrons. The SMILES string of the molecule is CO.O=C(c1ccccc1)C(O)c1ccccc1. The van der Waals surface area contributed by atoms with Gasteiger partial charge in [-0.3, -0.25) is 4.79 Å². The predicted molar refractivity (Wildman–Crippen MR) is 70.3 cm³/mol. The van der Waals surface area contributed by atoms with Crippen molar-refractivity contribution < 1.29 is 15.0 Å². The van der Waals surface area contributed by atoms with Gasteiger partial charge in [-0.1, -0.05) is 60.7 Å². The molecular formula is C15H16O3. The maximum Gasteiger partial charge on any atom is 0.195 e. The van der Waals surface area contributed by atoms with E-state index < -0.39 is 6.10 Å². The van der Waals surface area contributed by atoms with Gasteiger partial charge in [-0.2, -0.15) is 0 Å². The maximum absolute atomic E-state index is 11.9. The Morgan fingerprint density at radius 1 is 0.889 bits per heavy atom. The third-order valence-electron chi connectivity index (χ3n) is 2.42. The lowest BCUT2D eigenvalue weighted by atomic mass is 10.0. The van der Waals surface area contributed by atoms with Crippen LogP contribution in [-0.2, 0) is 0 Å². The van der Waals surface area contributed by atoms with Crippen LogP contribution < -0.4 is 0 Å². The summed E-state index contributed by atoms with van der Waals surface area (Å²) in [6, 6.07) is 17.7. The van der Waals surface area contributed by atoms with Gasteiger partial charge in [0.15, 0.2) is 5.78 Å². The zero-order valence-corrected chi connectivity index (χ0v) is 10.2. The molecule has 0 amide bonds. The molecule has 0 spiro atoms. The highest BCUT2D eigenvalue weighted by Gasteiger charge is 2.18. The van der Waals surface area contributed by atoms with Gasteiger partial charge in [0.1, 0.15) is 6.10 Å². The van der Waals surface area contributed by atoms with E-state index in [1.807, 2.05) is 12.1 Å². The number of hydrogen-bond acceptors (Lipinski definition) is 3. The molecule has 2 aromatic rings. The fourth-order valence-electron chi connectivity index (χ4n) is 1.55. The summed E-state index contributed by atoms with van der Waals surface area (Å²) in [4.78, 5) is 11.9. The quantitative estimate of drug-likeness (QED) is 0.814. The van der Waals surface area contributed by atoms with Crippen molar-refractivity contribution >= 4 is 5.78 Å². The lowest BCUT2D eigenvalue weighted by molar-refractivity contribution is 0.0747. The summed E-state index contributed by atoms with van der Waals surface area (Å²) in [7, 11) is 1.00. The van der Waals surface area contributed by atoms with E-state index >= 15 is 0 Å². The zero-order valence-electron chi connectivity index (χ0n) is 10.2. The van der Waals surface area contributed by atoms with Gasteiger partial charge in [0.05, 0.1) is 0 Å². The summed E-state index contributed by atoms with van der Waals surface area (Å²) in [5, 5.41) is 16.9. The van der Waals surface area contributed by atoms with E-state index in [-0.39, 0.29) is 5.78 Å². The van der Waals surface area contributed by atoms with E-state index in [9.17, 15) is 9.90 Å². The average molecular weight is 244 g/mol. The number of carbonyl (C=O) groups is 1. The topological polar surface area (TPSA) is 57.5 Å². The van der Waals surface area contributed by atoms with Crippen molar-refractivity contribution in [3.63, 3.8) is 0 Å². The molecule has 0 bridgehead atoms. The van der Waals surface area contributed by atoms with E-state index in [0.717, 1.165) is 7.11 Å². The van der Waals surface area contributed by atoms with Crippen LogP contribution in [0.25, 0.3) is 0 Å². The molecule has 0 saturated carbocycles. The number of aliphatic hydroxyl groups excluding tert-OH is 2. The van der Waals surface area contributed by atoms with Crippen molar-refractivity contribution in [1.29, 1.82) is 0 Å². The van der Waals surface area contributed by atoms with Crippen molar-refractivity contribution in [2.24, 2.45) is 0 Å². The molecule has 0 saturated heterocycles. The summed E-state index contributed by atoms with van der Waals surface area (Å²) in [6.45, 7) is 0. The van der Waals surface area contributed by atoms with Gasteiger partial charge < -0.3 is 10.2 Å². The van der Waals surface area contributed by atoms with Gasteiger partial charge in [-0.25, -0.2) is 0 Å². The standard InChI is InChI=1S/C14H12O2.CH4O/c15-13(11-7-3-1-4-8-11)14(16)12-9-5-2-6-10-12;1-2/h1-10,13,15H;2H,1H3. The molecule has 0 aliphatic rings. The molecule has 2 aromatic carbocycles. The highest BCUT2D eigenvalue weighted by atomic mass is 16.3. The second-order valence-electron chi connectivity index (χ2n) is 3.54. The molecule has 0 heterocycles. The maximum atomic E-state index is 11.9. The highest BCUT2D eigenvalue weighted by molar-refractivity contribution is 5.99.